The molecule has 0 spiro atoms. The van der Waals surface area contributed by atoms with Gasteiger partial charge in [0.05, 0.1) is 6.04 Å². The van der Waals surface area contributed by atoms with Gasteiger partial charge < -0.3 is 11.1 Å². The highest BCUT2D eigenvalue weighted by Gasteiger charge is 2.24. The highest BCUT2D eigenvalue weighted by atomic mass is 16.2. The average molecular weight is 312 g/mol. The van der Waals surface area contributed by atoms with Gasteiger partial charge in [0, 0.05) is 18.4 Å². The number of anilines is 1. The maximum Gasteiger partial charge on any atom is 0.272 e. The molecule has 3 rings (SSSR count). The number of carbonyl (C=O) groups is 1. The standard InChI is InChI=1S/C18H24N4O/c1-11(2)17-10-16(21-22(17)3)18(23)20-15-6-4-5-12-9-13(19)7-8-14(12)15/h7-11,15H,4-6,19H2,1-3H3,(H,20,23). The minimum atomic E-state index is -0.109. The molecular formula is C18H24N4O. The average Bonchev–Trinajstić information content (AvgIpc) is 2.89. The van der Waals surface area contributed by atoms with Crippen molar-refractivity contribution in [3.8, 4) is 0 Å². The molecule has 1 aliphatic carbocycles. The Kier molecular flexibility index (Phi) is 4.11. The highest BCUT2D eigenvalue weighted by Crippen LogP contribution is 2.31. The van der Waals surface area contributed by atoms with E-state index in [0.29, 0.717) is 11.6 Å². The van der Waals surface area contributed by atoms with Crippen LogP contribution in [-0.4, -0.2) is 15.7 Å². The van der Waals surface area contributed by atoms with Crippen molar-refractivity contribution in [2.24, 2.45) is 7.05 Å². The van der Waals surface area contributed by atoms with Crippen LogP contribution >= 0.6 is 0 Å². The number of fused-ring (bicyclic) bond motifs is 1. The van der Waals surface area contributed by atoms with E-state index in [2.05, 4.69) is 24.3 Å². The van der Waals surface area contributed by atoms with E-state index >= 15 is 0 Å². The number of hydrogen-bond donors (Lipinski definition) is 2. The number of aryl methyl sites for hydroxylation is 2. The Morgan fingerprint density at radius 2 is 2.17 bits per heavy atom. The monoisotopic (exact) mass is 312 g/mol. The van der Waals surface area contributed by atoms with Gasteiger partial charge in [0.15, 0.2) is 0 Å². The quantitative estimate of drug-likeness (QED) is 0.856. The van der Waals surface area contributed by atoms with Crippen LogP contribution in [0.1, 0.15) is 66.0 Å². The zero-order chi connectivity index (χ0) is 16.6. The number of nitrogens with two attached hydrogens (primary N) is 1. The lowest BCUT2D eigenvalue weighted by molar-refractivity contribution is 0.0927. The van der Waals surface area contributed by atoms with E-state index in [1.807, 2.05) is 31.3 Å². The lowest BCUT2D eigenvalue weighted by Gasteiger charge is -2.26. The summed E-state index contributed by atoms with van der Waals surface area (Å²) in [7, 11) is 1.88. The minimum absolute atomic E-state index is 0.0383. The van der Waals surface area contributed by atoms with Crippen LogP contribution in [0.4, 0.5) is 5.69 Å². The third kappa shape index (κ3) is 3.09. The first-order valence-electron chi connectivity index (χ1n) is 8.19. The summed E-state index contributed by atoms with van der Waals surface area (Å²) in [5.74, 6) is 0.231. The van der Waals surface area contributed by atoms with Gasteiger partial charge in [-0.15, -0.1) is 0 Å². The Hall–Kier alpha value is -2.30. The molecule has 0 radical (unpaired) electrons. The summed E-state index contributed by atoms with van der Waals surface area (Å²) in [5.41, 5.74) is 10.6. The Labute approximate surface area is 136 Å². The molecule has 0 saturated carbocycles. The predicted octanol–water partition coefficient (Wildman–Crippen LogP) is 2.93. The van der Waals surface area contributed by atoms with Crippen LogP contribution in [0.15, 0.2) is 24.3 Å². The topological polar surface area (TPSA) is 72.9 Å². The van der Waals surface area contributed by atoms with E-state index in [4.69, 9.17) is 5.73 Å². The van der Waals surface area contributed by atoms with Crippen molar-refractivity contribution in [2.75, 3.05) is 5.73 Å². The molecule has 1 aromatic carbocycles. The first-order valence-corrected chi connectivity index (χ1v) is 8.19. The van der Waals surface area contributed by atoms with E-state index < -0.39 is 0 Å². The van der Waals surface area contributed by atoms with E-state index in [1.165, 1.54) is 11.1 Å². The molecule has 1 atom stereocenters. The van der Waals surface area contributed by atoms with Crippen molar-refractivity contribution in [2.45, 2.75) is 45.1 Å². The van der Waals surface area contributed by atoms with E-state index in [9.17, 15) is 4.79 Å². The SMILES string of the molecule is CC(C)c1cc(C(=O)NC2CCCc3cc(N)ccc32)nn1C. The number of rotatable bonds is 3. The molecule has 1 heterocycles. The molecule has 1 unspecified atom stereocenters. The maximum atomic E-state index is 12.6. The number of amides is 1. The summed E-state index contributed by atoms with van der Waals surface area (Å²) in [6, 6.07) is 7.88. The number of nitrogens with zero attached hydrogens (tertiary/aromatic N) is 2. The van der Waals surface area contributed by atoms with E-state index in [0.717, 1.165) is 30.6 Å². The van der Waals surface area contributed by atoms with Crippen LogP contribution in [0, 0.1) is 0 Å². The summed E-state index contributed by atoms with van der Waals surface area (Å²) in [6.45, 7) is 4.20. The van der Waals surface area contributed by atoms with Gasteiger partial charge in [-0.1, -0.05) is 19.9 Å². The molecule has 0 saturated heterocycles. The molecular weight excluding hydrogens is 288 g/mol. The third-order valence-corrected chi connectivity index (χ3v) is 4.53. The lowest BCUT2D eigenvalue weighted by Crippen LogP contribution is -2.31. The van der Waals surface area contributed by atoms with Crippen molar-refractivity contribution in [3.05, 3.63) is 46.8 Å². The molecule has 5 nitrogen and oxygen atoms in total. The third-order valence-electron chi connectivity index (χ3n) is 4.53. The summed E-state index contributed by atoms with van der Waals surface area (Å²) < 4.78 is 1.79. The van der Waals surface area contributed by atoms with Crippen LogP contribution in [0.2, 0.25) is 0 Å². The van der Waals surface area contributed by atoms with Gasteiger partial charge in [-0.05, 0) is 54.5 Å². The van der Waals surface area contributed by atoms with Gasteiger partial charge in [0.2, 0.25) is 0 Å². The van der Waals surface area contributed by atoms with Crippen molar-refractivity contribution in [1.29, 1.82) is 0 Å². The number of nitrogens with one attached hydrogen (secondary N) is 1. The number of benzene rings is 1. The fraction of sp³-hybridized carbons (Fsp3) is 0.444. The van der Waals surface area contributed by atoms with Gasteiger partial charge >= 0.3 is 0 Å². The number of nitrogen functional groups attached to an aromatic ring is 1. The Balaban J connectivity index is 1.80. The van der Waals surface area contributed by atoms with Crippen LogP contribution in [0.3, 0.4) is 0 Å². The molecule has 5 heteroatoms. The molecule has 1 amide bonds. The molecule has 3 N–H and O–H groups in total. The first kappa shape index (κ1) is 15.6. The first-order chi connectivity index (χ1) is 11.0. The van der Waals surface area contributed by atoms with Gasteiger partial charge in [-0.25, -0.2) is 0 Å². The van der Waals surface area contributed by atoms with Gasteiger partial charge in [0.25, 0.3) is 5.91 Å². The zero-order valence-corrected chi connectivity index (χ0v) is 14.0. The summed E-state index contributed by atoms with van der Waals surface area (Å²) in [5, 5.41) is 7.49. The normalized spacial score (nSPS) is 17.1. The molecule has 0 bridgehead atoms. The summed E-state index contributed by atoms with van der Waals surface area (Å²) in [6.07, 6.45) is 3.03. The minimum Gasteiger partial charge on any atom is -0.399 e. The molecule has 0 aliphatic heterocycles. The number of carbonyl (C=O) groups excluding carboxylic acids is 1. The largest absolute Gasteiger partial charge is 0.399 e. The number of aromatic nitrogens is 2. The second-order valence-electron chi connectivity index (χ2n) is 6.61. The smallest absolute Gasteiger partial charge is 0.272 e. The van der Waals surface area contributed by atoms with Gasteiger partial charge in [0.1, 0.15) is 5.69 Å². The van der Waals surface area contributed by atoms with Crippen LogP contribution in [-0.2, 0) is 13.5 Å². The summed E-state index contributed by atoms with van der Waals surface area (Å²) in [4.78, 5) is 12.6. The van der Waals surface area contributed by atoms with Gasteiger partial charge in [-0.3, -0.25) is 9.48 Å². The second kappa shape index (κ2) is 6.07. The molecule has 1 aromatic heterocycles. The molecule has 0 fully saturated rings. The summed E-state index contributed by atoms with van der Waals surface area (Å²) >= 11 is 0. The molecule has 23 heavy (non-hydrogen) atoms. The fourth-order valence-corrected chi connectivity index (χ4v) is 3.35. The van der Waals surface area contributed by atoms with Gasteiger partial charge in [-0.2, -0.15) is 5.10 Å². The Bertz CT molecular complexity index is 733. The van der Waals surface area contributed by atoms with Crippen LogP contribution < -0.4 is 11.1 Å². The second-order valence-corrected chi connectivity index (χ2v) is 6.61. The molecule has 122 valence electrons. The Morgan fingerprint density at radius 1 is 1.39 bits per heavy atom. The number of hydrogen-bond acceptors (Lipinski definition) is 3. The predicted molar refractivity (Wildman–Crippen MR) is 91.3 cm³/mol. The Morgan fingerprint density at radius 3 is 2.87 bits per heavy atom. The molecule has 2 aromatic rings. The van der Waals surface area contributed by atoms with Crippen LogP contribution in [0.25, 0.3) is 0 Å². The van der Waals surface area contributed by atoms with Crippen molar-refractivity contribution in [3.63, 3.8) is 0 Å². The lowest BCUT2D eigenvalue weighted by atomic mass is 9.87. The van der Waals surface area contributed by atoms with Crippen molar-refractivity contribution < 1.29 is 4.79 Å². The zero-order valence-electron chi connectivity index (χ0n) is 14.0. The van der Waals surface area contributed by atoms with Crippen LogP contribution in [0.5, 0.6) is 0 Å². The highest BCUT2D eigenvalue weighted by molar-refractivity contribution is 5.92. The van der Waals surface area contributed by atoms with E-state index in [-0.39, 0.29) is 11.9 Å². The molecule has 1 aliphatic rings. The maximum absolute atomic E-state index is 12.6. The van der Waals surface area contributed by atoms with E-state index in [1.54, 1.807) is 4.68 Å². The van der Waals surface area contributed by atoms with Crippen molar-refractivity contribution in [1.82, 2.24) is 15.1 Å². The van der Waals surface area contributed by atoms with Crippen molar-refractivity contribution >= 4 is 11.6 Å². The fourth-order valence-electron chi connectivity index (χ4n) is 3.35.